The molecule has 1 aliphatic carbocycles. The Balaban J connectivity index is 2.15. The smallest absolute Gasteiger partial charge is 0.116 e. The van der Waals surface area contributed by atoms with Gasteiger partial charge in [0.15, 0.2) is 0 Å². The number of hydrogen-bond donors (Lipinski definition) is 1. The summed E-state index contributed by atoms with van der Waals surface area (Å²) >= 11 is 0. The van der Waals surface area contributed by atoms with Crippen LogP contribution < -0.4 is 0 Å². The van der Waals surface area contributed by atoms with E-state index in [2.05, 4.69) is 21.0 Å². The van der Waals surface area contributed by atoms with Crippen LogP contribution in [0.3, 0.4) is 0 Å². The van der Waals surface area contributed by atoms with E-state index in [0.717, 1.165) is 29.1 Å². The zero-order valence-corrected chi connectivity index (χ0v) is 8.20. The molecule has 4 heteroatoms. The fourth-order valence-electron chi connectivity index (χ4n) is 1.87. The van der Waals surface area contributed by atoms with Crippen molar-refractivity contribution in [3.05, 3.63) is 23.8 Å². The minimum Gasteiger partial charge on any atom is -0.355 e. The number of fused-ring (bicyclic) bond motifs is 1. The molecule has 0 bridgehead atoms. The molecule has 0 radical (unpaired) electrons. The van der Waals surface area contributed by atoms with Crippen molar-refractivity contribution >= 4 is 11.0 Å². The van der Waals surface area contributed by atoms with Crippen molar-refractivity contribution in [1.29, 1.82) is 5.26 Å². The number of nitrogens with one attached hydrogen (secondary N) is 1. The molecule has 1 fully saturated rings. The van der Waals surface area contributed by atoms with Gasteiger partial charge in [0.1, 0.15) is 17.9 Å². The monoisotopic (exact) mass is 198 g/mol. The van der Waals surface area contributed by atoms with Crippen LogP contribution >= 0.6 is 0 Å². The Morgan fingerprint density at radius 1 is 1.53 bits per heavy atom. The predicted molar refractivity (Wildman–Crippen MR) is 55.0 cm³/mol. The summed E-state index contributed by atoms with van der Waals surface area (Å²) in [5.74, 6) is 0.762. The molecule has 74 valence electrons. The number of aromatic amines is 1. The summed E-state index contributed by atoms with van der Waals surface area (Å²) in [6, 6.07) is 2.23. The van der Waals surface area contributed by atoms with Crippen molar-refractivity contribution in [2.75, 3.05) is 0 Å². The lowest BCUT2D eigenvalue weighted by Crippen LogP contribution is -1.90. The summed E-state index contributed by atoms with van der Waals surface area (Å²) in [7, 11) is 0. The third kappa shape index (κ3) is 1.37. The molecule has 2 aromatic heterocycles. The Morgan fingerprint density at radius 2 is 2.40 bits per heavy atom. The highest BCUT2D eigenvalue weighted by molar-refractivity contribution is 5.82. The summed E-state index contributed by atoms with van der Waals surface area (Å²) in [5, 5.41) is 9.11. The quantitative estimate of drug-likeness (QED) is 0.799. The summed E-state index contributed by atoms with van der Waals surface area (Å²) < 4.78 is 0. The molecule has 3 rings (SSSR count). The second-order valence-electron chi connectivity index (χ2n) is 4.02. The van der Waals surface area contributed by atoms with Gasteiger partial charge in [0.05, 0.1) is 17.3 Å². The summed E-state index contributed by atoms with van der Waals surface area (Å²) in [6.45, 7) is 0. The van der Waals surface area contributed by atoms with E-state index >= 15 is 0 Å². The van der Waals surface area contributed by atoms with Crippen LogP contribution in [0.5, 0.6) is 0 Å². The van der Waals surface area contributed by atoms with Gasteiger partial charge in [0, 0.05) is 5.69 Å². The van der Waals surface area contributed by atoms with E-state index in [-0.39, 0.29) is 0 Å². The van der Waals surface area contributed by atoms with E-state index in [9.17, 15) is 0 Å². The molecule has 0 amide bonds. The van der Waals surface area contributed by atoms with E-state index in [1.54, 1.807) is 6.20 Å². The van der Waals surface area contributed by atoms with Crippen LogP contribution in [0, 0.1) is 17.2 Å². The lowest BCUT2D eigenvalue weighted by atomic mass is 10.1. The first-order chi connectivity index (χ1) is 7.38. The van der Waals surface area contributed by atoms with Crippen LogP contribution in [0.25, 0.3) is 11.0 Å². The highest BCUT2D eigenvalue weighted by Gasteiger charge is 2.24. The number of H-pyrrole nitrogens is 1. The molecule has 2 aromatic rings. The minimum atomic E-state index is 0.694. The third-order valence-corrected chi connectivity index (χ3v) is 2.84. The van der Waals surface area contributed by atoms with E-state index in [1.807, 2.05) is 0 Å². The number of aromatic nitrogens is 3. The Hall–Kier alpha value is -1.89. The lowest BCUT2D eigenvalue weighted by molar-refractivity contribution is 0.811. The van der Waals surface area contributed by atoms with Crippen LogP contribution in [0.1, 0.15) is 24.1 Å². The van der Waals surface area contributed by atoms with E-state index in [0.29, 0.717) is 5.56 Å². The van der Waals surface area contributed by atoms with Gasteiger partial charge in [0.25, 0.3) is 0 Å². The largest absolute Gasteiger partial charge is 0.355 e. The van der Waals surface area contributed by atoms with E-state index in [1.165, 1.54) is 19.2 Å². The van der Waals surface area contributed by atoms with Gasteiger partial charge >= 0.3 is 0 Å². The molecule has 2 heterocycles. The zero-order valence-electron chi connectivity index (χ0n) is 8.20. The van der Waals surface area contributed by atoms with Crippen molar-refractivity contribution in [2.24, 2.45) is 5.92 Å². The Morgan fingerprint density at radius 3 is 3.13 bits per heavy atom. The number of hydrogen-bond acceptors (Lipinski definition) is 3. The maximum absolute atomic E-state index is 9.11. The van der Waals surface area contributed by atoms with Crippen molar-refractivity contribution in [3.63, 3.8) is 0 Å². The van der Waals surface area contributed by atoms with Gasteiger partial charge in [-0.15, -0.1) is 0 Å². The van der Waals surface area contributed by atoms with Crippen LogP contribution in [0.2, 0.25) is 0 Å². The summed E-state index contributed by atoms with van der Waals surface area (Å²) in [5.41, 5.74) is 3.34. The third-order valence-electron chi connectivity index (χ3n) is 2.84. The van der Waals surface area contributed by atoms with Crippen LogP contribution in [0.15, 0.2) is 12.5 Å². The standard InChI is InChI=1S/C11H10N4/c12-4-8-9(3-7-1-2-7)15-10-5-13-6-14-11(8)10/h5-7,15H,1-3H2. The summed E-state index contributed by atoms with van der Waals surface area (Å²) in [4.78, 5) is 11.3. The molecule has 1 aliphatic rings. The fourth-order valence-corrected chi connectivity index (χ4v) is 1.87. The Labute approximate surface area is 87.0 Å². The van der Waals surface area contributed by atoms with Crippen LogP contribution in [-0.4, -0.2) is 15.0 Å². The molecule has 0 spiro atoms. The maximum atomic E-state index is 9.11. The molecule has 4 nitrogen and oxygen atoms in total. The predicted octanol–water partition coefficient (Wildman–Crippen LogP) is 1.78. The van der Waals surface area contributed by atoms with Crippen molar-refractivity contribution < 1.29 is 0 Å². The van der Waals surface area contributed by atoms with Gasteiger partial charge in [-0.2, -0.15) is 5.26 Å². The average Bonchev–Trinajstić information content (AvgIpc) is 2.99. The highest BCUT2D eigenvalue weighted by atomic mass is 14.9. The molecular weight excluding hydrogens is 188 g/mol. The molecular formula is C11H10N4. The normalized spacial score (nSPS) is 15.4. The van der Waals surface area contributed by atoms with Crippen molar-refractivity contribution in [2.45, 2.75) is 19.3 Å². The van der Waals surface area contributed by atoms with E-state index < -0.39 is 0 Å². The van der Waals surface area contributed by atoms with Gasteiger partial charge in [-0.1, -0.05) is 0 Å². The Bertz CT molecular complexity index is 545. The number of rotatable bonds is 2. The first-order valence-corrected chi connectivity index (χ1v) is 5.09. The molecule has 15 heavy (non-hydrogen) atoms. The average molecular weight is 198 g/mol. The van der Waals surface area contributed by atoms with Crippen molar-refractivity contribution in [3.8, 4) is 6.07 Å². The zero-order chi connectivity index (χ0) is 10.3. The lowest BCUT2D eigenvalue weighted by Gasteiger charge is -1.93. The van der Waals surface area contributed by atoms with E-state index in [4.69, 9.17) is 5.26 Å². The van der Waals surface area contributed by atoms with Gasteiger partial charge < -0.3 is 4.98 Å². The van der Waals surface area contributed by atoms with Gasteiger partial charge in [-0.25, -0.2) is 9.97 Å². The second kappa shape index (κ2) is 3.06. The molecule has 0 aliphatic heterocycles. The van der Waals surface area contributed by atoms with Crippen LogP contribution in [-0.2, 0) is 6.42 Å². The maximum Gasteiger partial charge on any atom is 0.116 e. The van der Waals surface area contributed by atoms with Gasteiger partial charge in [-0.05, 0) is 25.2 Å². The fraction of sp³-hybridized carbons (Fsp3) is 0.364. The molecule has 1 N–H and O–H groups in total. The van der Waals surface area contributed by atoms with Crippen molar-refractivity contribution in [1.82, 2.24) is 15.0 Å². The highest BCUT2D eigenvalue weighted by Crippen LogP contribution is 2.34. The molecule has 0 atom stereocenters. The van der Waals surface area contributed by atoms with Gasteiger partial charge in [0.2, 0.25) is 0 Å². The molecule has 0 aromatic carbocycles. The number of nitrogens with zero attached hydrogens (tertiary/aromatic N) is 3. The Kier molecular flexibility index (Phi) is 1.72. The summed E-state index contributed by atoms with van der Waals surface area (Å²) in [6.07, 6.45) is 6.74. The first-order valence-electron chi connectivity index (χ1n) is 5.09. The van der Waals surface area contributed by atoms with Crippen LogP contribution in [0.4, 0.5) is 0 Å². The topological polar surface area (TPSA) is 65.4 Å². The number of nitriles is 1. The first kappa shape index (κ1) is 8.42. The minimum absolute atomic E-state index is 0.694. The van der Waals surface area contributed by atoms with Gasteiger partial charge in [-0.3, -0.25) is 0 Å². The second-order valence-corrected chi connectivity index (χ2v) is 4.02. The molecule has 0 saturated heterocycles. The molecule has 1 saturated carbocycles. The SMILES string of the molecule is N#Cc1c(CC2CC2)[nH]c2cncnc12. The molecule has 0 unspecified atom stereocenters.